The van der Waals surface area contributed by atoms with Gasteiger partial charge in [0.15, 0.2) is 0 Å². The number of hydrogen-bond acceptors (Lipinski definition) is 5. The van der Waals surface area contributed by atoms with Gasteiger partial charge in [-0.2, -0.15) is 0 Å². The van der Waals surface area contributed by atoms with E-state index in [-0.39, 0.29) is 0 Å². The third-order valence-electron chi connectivity index (χ3n) is 4.66. The molecule has 5 heteroatoms. The number of aliphatic hydroxyl groups excluding tert-OH is 5. The minimum absolute atomic E-state index is 0.504. The van der Waals surface area contributed by atoms with Gasteiger partial charge < -0.3 is 25.5 Å². The van der Waals surface area contributed by atoms with E-state index in [0.717, 1.165) is 24.0 Å². The highest BCUT2D eigenvalue weighted by Gasteiger charge is 2.30. The highest BCUT2D eigenvalue weighted by Crippen LogP contribution is 2.18. The Balaban J connectivity index is 2.09. The summed E-state index contributed by atoms with van der Waals surface area (Å²) in [6.45, 7) is 4.06. The zero-order valence-corrected chi connectivity index (χ0v) is 16.2. The van der Waals surface area contributed by atoms with Gasteiger partial charge >= 0.3 is 0 Å². The molecular weight excluding hydrogens is 356 g/mol. The molecular formula is C23H28O5. The van der Waals surface area contributed by atoms with Crippen LogP contribution < -0.4 is 0 Å². The monoisotopic (exact) mass is 384 g/mol. The van der Waals surface area contributed by atoms with Gasteiger partial charge in [0, 0.05) is 0 Å². The maximum atomic E-state index is 10.1. The first-order valence-corrected chi connectivity index (χ1v) is 9.38. The third-order valence-corrected chi connectivity index (χ3v) is 4.66. The Labute approximate surface area is 165 Å². The van der Waals surface area contributed by atoms with E-state index in [1.807, 2.05) is 38.1 Å². The van der Waals surface area contributed by atoms with Crippen molar-refractivity contribution in [2.45, 2.75) is 45.0 Å². The molecule has 0 aliphatic carbocycles. The van der Waals surface area contributed by atoms with Gasteiger partial charge in [0.25, 0.3) is 0 Å². The minimum atomic E-state index is -1.79. The molecule has 0 saturated heterocycles. The largest absolute Gasteiger partial charge is 0.509 e. The second-order valence-corrected chi connectivity index (χ2v) is 6.71. The van der Waals surface area contributed by atoms with Crippen molar-refractivity contribution in [3.63, 3.8) is 0 Å². The summed E-state index contributed by atoms with van der Waals surface area (Å²) in [5, 5.41) is 50.6. The maximum Gasteiger partial charge on any atom is 0.140 e. The summed E-state index contributed by atoms with van der Waals surface area (Å²) in [6, 6.07) is 14.7. The van der Waals surface area contributed by atoms with Gasteiger partial charge in [-0.25, -0.2) is 0 Å². The lowest BCUT2D eigenvalue weighted by Crippen LogP contribution is -2.39. The quantitative estimate of drug-likeness (QED) is 0.449. The van der Waals surface area contributed by atoms with E-state index in [4.69, 9.17) is 0 Å². The van der Waals surface area contributed by atoms with Crippen LogP contribution in [0.3, 0.4) is 0 Å². The highest BCUT2D eigenvalue weighted by molar-refractivity contribution is 5.54. The Hall–Kier alpha value is -2.60. The fourth-order valence-electron chi connectivity index (χ4n) is 2.73. The summed E-state index contributed by atoms with van der Waals surface area (Å²) in [6.07, 6.45) is -0.906. The molecule has 0 aliphatic rings. The lowest BCUT2D eigenvalue weighted by atomic mass is 10.0. The first-order valence-electron chi connectivity index (χ1n) is 9.38. The fraction of sp³-hybridized carbons (Fsp3) is 0.304. The predicted molar refractivity (Wildman–Crippen MR) is 111 cm³/mol. The molecule has 5 nitrogen and oxygen atoms in total. The molecule has 0 amide bonds. The molecule has 2 aromatic carbocycles. The molecule has 0 heterocycles. The van der Waals surface area contributed by atoms with Crippen LogP contribution in [0.25, 0.3) is 12.2 Å². The Kier molecular flexibility index (Phi) is 7.81. The molecule has 0 radical (unpaired) electrons. The summed E-state index contributed by atoms with van der Waals surface area (Å²) in [4.78, 5) is 0. The first-order chi connectivity index (χ1) is 13.3. The fourth-order valence-corrected chi connectivity index (χ4v) is 2.73. The topological polar surface area (TPSA) is 101 Å². The molecule has 0 fully saturated rings. The standard InChI is InChI=1S/C23H28O5/c1-3-15-5-9-17(10-6-15)13-19(24)21(26)23(28)22(27)20(25)14-18-11-7-16(4-2)8-12-18/h5-14,21-28H,3-4H2,1-2H3/t21-,22+,23?. The van der Waals surface area contributed by atoms with Crippen LogP contribution in [0, 0.1) is 0 Å². The number of aryl methyl sites for hydroxylation is 2. The first kappa shape index (κ1) is 21.7. The van der Waals surface area contributed by atoms with Crippen LogP contribution in [0.2, 0.25) is 0 Å². The zero-order valence-electron chi connectivity index (χ0n) is 16.2. The van der Waals surface area contributed by atoms with Gasteiger partial charge in [-0.1, -0.05) is 62.4 Å². The van der Waals surface area contributed by atoms with Crippen molar-refractivity contribution in [3.8, 4) is 0 Å². The van der Waals surface area contributed by atoms with Crippen molar-refractivity contribution in [2.75, 3.05) is 0 Å². The number of rotatable bonds is 8. The lowest BCUT2D eigenvalue weighted by molar-refractivity contribution is -0.0540. The molecule has 5 N–H and O–H groups in total. The number of hydrogen-bond donors (Lipinski definition) is 5. The van der Waals surface area contributed by atoms with E-state index in [0.29, 0.717) is 11.1 Å². The predicted octanol–water partition coefficient (Wildman–Crippen LogP) is 3.39. The number of benzene rings is 2. The van der Waals surface area contributed by atoms with Crippen LogP contribution in [-0.4, -0.2) is 43.8 Å². The van der Waals surface area contributed by atoms with E-state index < -0.39 is 29.8 Å². The maximum absolute atomic E-state index is 10.1. The summed E-state index contributed by atoms with van der Waals surface area (Å²) >= 11 is 0. The smallest absolute Gasteiger partial charge is 0.140 e. The minimum Gasteiger partial charge on any atom is -0.509 e. The van der Waals surface area contributed by atoms with Gasteiger partial charge in [0.05, 0.1) is 0 Å². The van der Waals surface area contributed by atoms with E-state index >= 15 is 0 Å². The van der Waals surface area contributed by atoms with Gasteiger partial charge in [-0.05, 0) is 47.2 Å². The molecule has 28 heavy (non-hydrogen) atoms. The van der Waals surface area contributed by atoms with Crippen molar-refractivity contribution < 1.29 is 25.5 Å². The molecule has 2 rings (SSSR count). The third kappa shape index (κ3) is 5.70. The molecule has 0 spiro atoms. The Morgan fingerprint density at radius 2 is 1.00 bits per heavy atom. The zero-order chi connectivity index (χ0) is 20.7. The second kappa shape index (κ2) is 10.1. The summed E-state index contributed by atoms with van der Waals surface area (Å²) in [5.74, 6) is -1.01. The molecule has 2 aromatic rings. The van der Waals surface area contributed by atoms with Crippen LogP contribution in [0.1, 0.15) is 36.1 Å². The SMILES string of the molecule is CCc1ccc(C=C(O)[C@@H](O)C(O)[C@@H](O)C(O)=Cc2ccc(CC)cc2)cc1. The summed E-state index contributed by atoms with van der Waals surface area (Å²) in [7, 11) is 0. The molecule has 0 saturated carbocycles. The van der Waals surface area contributed by atoms with E-state index in [1.165, 1.54) is 12.2 Å². The highest BCUT2D eigenvalue weighted by atomic mass is 16.4. The van der Waals surface area contributed by atoms with Crippen LogP contribution >= 0.6 is 0 Å². The van der Waals surface area contributed by atoms with Gasteiger partial charge in [-0.3, -0.25) is 0 Å². The molecule has 0 aromatic heterocycles. The average molecular weight is 384 g/mol. The van der Waals surface area contributed by atoms with Crippen molar-refractivity contribution in [1.29, 1.82) is 0 Å². The molecule has 0 bridgehead atoms. The Bertz CT molecular complexity index is 736. The van der Waals surface area contributed by atoms with Crippen molar-refractivity contribution in [3.05, 3.63) is 82.3 Å². The molecule has 150 valence electrons. The van der Waals surface area contributed by atoms with E-state index in [9.17, 15) is 25.5 Å². The van der Waals surface area contributed by atoms with E-state index in [1.54, 1.807) is 24.3 Å². The van der Waals surface area contributed by atoms with Crippen LogP contribution in [0.15, 0.2) is 60.0 Å². The van der Waals surface area contributed by atoms with Crippen molar-refractivity contribution in [1.82, 2.24) is 0 Å². The molecule has 1 unspecified atom stereocenters. The summed E-state index contributed by atoms with van der Waals surface area (Å²) in [5.41, 5.74) is 3.56. The van der Waals surface area contributed by atoms with Gasteiger partial charge in [-0.15, -0.1) is 0 Å². The van der Waals surface area contributed by atoms with E-state index in [2.05, 4.69) is 0 Å². The van der Waals surface area contributed by atoms with Gasteiger partial charge in [0.1, 0.15) is 29.8 Å². The molecule has 3 atom stereocenters. The average Bonchev–Trinajstić information content (AvgIpc) is 2.73. The van der Waals surface area contributed by atoms with Crippen LogP contribution in [-0.2, 0) is 12.8 Å². The normalized spacial score (nSPS) is 15.9. The van der Waals surface area contributed by atoms with Crippen LogP contribution in [0.5, 0.6) is 0 Å². The van der Waals surface area contributed by atoms with Gasteiger partial charge in [0.2, 0.25) is 0 Å². The van der Waals surface area contributed by atoms with Crippen LogP contribution in [0.4, 0.5) is 0 Å². The Morgan fingerprint density at radius 3 is 1.29 bits per heavy atom. The lowest BCUT2D eigenvalue weighted by Gasteiger charge is -2.22. The van der Waals surface area contributed by atoms with Crippen molar-refractivity contribution in [2.24, 2.45) is 0 Å². The summed E-state index contributed by atoms with van der Waals surface area (Å²) < 4.78 is 0. The Morgan fingerprint density at radius 1 is 0.679 bits per heavy atom. The van der Waals surface area contributed by atoms with Crippen molar-refractivity contribution >= 4 is 12.2 Å². The number of aliphatic hydroxyl groups is 5. The second-order valence-electron chi connectivity index (χ2n) is 6.71. The molecule has 0 aliphatic heterocycles.